The van der Waals surface area contributed by atoms with Crippen LogP contribution >= 0.6 is 0 Å². The maximum absolute atomic E-state index is 12.6. The third kappa shape index (κ3) is 3.11. The summed E-state index contributed by atoms with van der Waals surface area (Å²) in [4.78, 5) is 14.3. The van der Waals surface area contributed by atoms with E-state index in [4.69, 9.17) is 4.74 Å². The summed E-state index contributed by atoms with van der Waals surface area (Å²) in [7, 11) is -2.19. The number of sulfonamides is 1. The molecule has 2 N–H and O–H groups in total. The minimum Gasteiger partial charge on any atom is -0.497 e. The monoisotopic (exact) mass is 344 g/mol. The molecule has 0 amide bonds. The highest BCUT2D eigenvalue weighted by atomic mass is 32.2. The molecular formula is C17H16N2O4S. The lowest BCUT2D eigenvalue weighted by atomic mass is 10.1. The second-order valence-electron chi connectivity index (χ2n) is 5.36. The summed E-state index contributed by atoms with van der Waals surface area (Å²) in [6.07, 6.45) is 0. The first-order chi connectivity index (χ1) is 11.4. The van der Waals surface area contributed by atoms with Crippen LogP contribution in [0.3, 0.4) is 0 Å². The number of benzene rings is 2. The average Bonchev–Trinajstić information content (AvgIpc) is 2.54. The molecule has 0 aliphatic heterocycles. The molecule has 24 heavy (non-hydrogen) atoms. The Morgan fingerprint density at radius 3 is 2.42 bits per heavy atom. The number of nitrogens with one attached hydrogen (secondary N) is 2. The zero-order valence-corrected chi connectivity index (χ0v) is 14.0. The molecular weight excluding hydrogens is 328 g/mol. The van der Waals surface area contributed by atoms with Crippen LogP contribution in [-0.2, 0) is 10.0 Å². The molecule has 2 aromatic carbocycles. The summed E-state index contributed by atoms with van der Waals surface area (Å²) in [5.41, 5.74) is 1.54. The summed E-state index contributed by atoms with van der Waals surface area (Å²) in [6.45, 7) is 1.77. The van der Waals surface area contributed by atoms with E-state index in [9.17, 15) is 13.2 Å². The largest absolute Gasteiger partial charge is 0.497 e. The lowest BCUT2D eigenvalue weighted by molar-refractivity contribution is 0.415. The first-order valence-corrected chi connectivity index (χ1v) is 8.68. The van der Waals surface area contributed by atoms with Gasteiger partial charge in [0.05, 0.1) is 12.0 Å². The molecule has 0 saturated carbocycles. The Morgan fingerprint density at radius 1 is 1.04 bits per heavy atom. The first-order valence-electron chi connectivity index (χ1n) is 7.19. The van der Waals surface area contributed by atoms with Crippen LogP contribution in [-0.4, -0.2) is 20.5 Å². The molecule has 7 heteroatoms. The minimum atomic E-state index is -3.73. The van der Waals surface area contributed by atoms with Crippen molar-refractivity contribution in [2.24, 2.45) is 0 Å². The van der Waals surface area contributed by atoms with Crippen LogP contribution in [0, 0.1) is 6.92 Å². The van der Waals surface area contributed by atoms with Gasteiger partial charge in [-0.15, -0.1) is 0 Å². The number of hydrogen-bond donors (Lipinski definition) is 2. The number of hydrogen-bond acceptors (Lipinski definition) is 4. The Labute approximate surface area is 139 Å². The van der Waals surface area contributed by atoms with Crippen molar-refractivity contribution in [3.8, 4) is 5.75 Å². The van der Waals surface area contributed by atoms with Gasteiger partial charge >= 0.3 is 0 Å². The van der Waals surface area contributed by atoms with Crippen molar-refractivity contribution in [2.75, 3.05) is 11.8 Å². The van der Waals surface area contributed by atoms with E-state index in [1.54, 1.807) is 50.4 Å². The predicted molar refractivity (Wildman–Crippen MR) is 93.1 cm³/mol. The lowest BCUT2D eigenvalue weighted by Gasteiger charge is -2.10. The maximum Gasteiger partial charge on any atom is 0.261 e. The van der Waals surface area contributed by atoms with E-state index in [1.807, 2.05) is 0 Å². The predicted octanol–water partition coefficient (Wildman–Crippen LogP) is 2.65. The van der Waals surface area contributed by atoms with Gasteiger partial charge in [-0.25, -0.2) is 8.42 Å². The zero-order chi connectivity index (χ0) is 17.3. The molecule has 124 valence electrons. The van der Waals surface area contributed by atoms with Crippen molar-refractivity contribution in [3.63, 3.8) is 0 Å². The molecule has 0 bridgehead atoms. The van der Waals surface area contributed by atoms with Gasteiger partial charge in [0.2, 0.25) is 5.56 Å². The minimum absolute atomic E-state index is 0.126. The quantitative estimate of drug-likeness (QED) is 0.761. The lowest BCUT2D eigenvalue weighted by Crippen LogP contribution is -2.13. The fourth-order valence-electron chi connectivity index (χ4n) is 2.44. The second kappa shape index (κ2) is 6.01. The molecule has 0 aliphatic carbocycles. The molecule has 0 unspecified atom stereocenters. The maximum atomic E-state index is 12.6. The molecule has 0 saturated heterocycles. The number of aromatic amines is 1. The van der Waals surface area contributed by atoms with Gasteiger partial charge in [0.25, 0.3) is 10.0 Å². The zero-order valence-electron chi connectivity index (χ0n) is 13.2. The number of rotatable bonds is 4. The highest BCUT2D eigenvalue weighted by Gasteiger charge is 2.15. The summed E-state index contributed by atoms with van der Waals surface area (Å²) >= 11 is 0. The summed E-state index contributed by atoms with van der Waals surface area (Å²) in [5.74, 6) is 0.642. The molecule has 3 aromatic rings. The van der Waals surface area contributed by atoms with E-state index in [-0.39, 0.29) is 10.5 Å². The highest BCUT2D eigenvalue weighted by molar-refractivity contribution is 7.92. The van der Waals surface area contributed by atoms with Gasteiger partial charge in [0, 0.05) is 22.7 Å². The van der Waals surface area contributed by atoms with Crippen molar-refractivity contribution < 1.29 is 13.2 Å². The van der Waals surface area contributed by atoms with Crippen molar-refractivity contribution >= 4 is 26.6 Å². The van der Waals surface area contributed by atoms with E-state index < -0.39 is 10.0 Å². The SMILES string of the molecule is COc1ccc(NS(=O)(=O)c2ccc3[nH]c(=O)cc(C)c3c2)cc1. The Kier molecular flexibility index (Phi) is 4.02. The summed E-state index contributed by atoms with van der Waals surface area (Å²) < 4.78 is 32.7. The number of fused-ring (bicyclic) bond motifs is 1. The number of aromatic nitrogens is 1. The van der Waals surface area contributed by atoms with Crippen LogP contribution < -0.4 is 15.0 Å². The fraction of sp³-hybridized carbons (Fsp3) is 0.118. The van der Waals surface area contributed by atoms with Gasteiger partial charge in [-0.2, -0.15) is 0 Å². The molecule has 1 aromatic heterocycles. The molecule has 0 spiro atoms. The van der Waals surface area contributed by atoms with E-state index in [2.05, 4.69) is 9.71 Å². The van der Waals surface area contributed by atoms with E-state index in [1.165, 1.54) is 12.1 Å². The number of ether oxygens (including phenoxy) is 1. The van der Waals surface area contributed by atoms with Crippen molar-refractivity contribution in [3.05, 3.63) is 64.4 Å². The van der Waals surface area contributed by atoms with Gasteiger partial charge in [0.1, 0.15) is 5.75 Å². The molecule has 1 heterocycles. The smallest absolute Gasteiger partial charge is 0.261 e. The van der Waals surface area contributed by atoms with Crippen molar-refractivity contribution in [1.82, 2.24) is 4.98 Å². The van der Waals surface area contributed by atoms with Crippen molar-refractivity contribution in [1.29, 1.82) is 0 Å². The molecule has 6 nitrogen and oxygen atoms in total. The number of anilines is 1. The van der Waals surface area contributed by atoms with Gasteiger partial charge in [-0.05, 0) is 55.0 Å². The van der Waals surface area contributed by atoms with Gasteiger partial charge < -0.3 is 9.72 Å². The molecule has 0 aliphatic rings. The van der Waals surface area contributed by atoms with Crippen LogP contribution in [0.15, 0.2) is 58.2 Å². The Balaban J connectivity index is 1.99. The fourth-order valence-corrected chi connectivity index (χ4v) is 3.53. The standard InChI is InChI=1S/C17H16N2O4S/c1-11-9-17(20)18-16-8-7-14(10-15(11)16)24(21,22)19-12-3-5-13(23-2)6-4-12/h3-10,19H,1-2H3,(H,18,20). The first kappa shape index (κ1) is 16.1. The number of H-pyrrole nitrogens is 1. The summed E-state index contributed by atoms with van der Waals surface area (Å²) in [6, 6.07) is 12.6. The Hall–Kier alpha value is -2.80. The normalized spacial score (nSPS) is 11.4. The van der Waals surface area contributed by atoms with Gasteiger partial charge in [-0.3, -0.25) is 9.52 Å². The van der Waals surface area contributed by atoms with E-state index in [0.29, 0.717) is 22.3 Å². The third-order valence-electron chi connectivity index (χ3n) is 3.67. The Bertz CT molecular complexity index is 1050. The van der Waals surface area contributed by atoms with Gasteiger partial charge in [-0.1, -0.05) is 0 Å². The Morgan fingerprint density at radius 2 is 1.75 bits per heavy atom. The van der Waals surface area contributed by atoms with Crippen molar-refractivity contribution in [2.45, 2.75) is 11.8 Å². The van der Waals surface area contributed by atoms with Gasteiger partial charge in [0.15, 0.2) is 0 Å². The molecule has 0 radical (unpaired) electrons. The topological polar surface area (TPSA) is 88.3 Å². The van der Waals surface area contributed by atoms with E-state index >= 15 is 0 Å². The number of methoxy groups -OCH3 is 1. The van der Waals surface area contributed by atoms with Crippen LogP contribution in [0.4, 0.5) is 5.69 Å². The molecule has 0 atom stereocenters. The molecule has 0 fully saturated rings. The third-order valence-corrected chi connectivity index (χ3v) is 5.05. The van der Waals surface area contributed by atoms with Crippen LogP contribution in [0.25, 0.3) is 10.9 Å². The second-order valence-corrected chi connectivity index (χ2v) is 7.04. The summed E-state index contributed by atoms with van der Waals surface area (Å²) in [5, 5.41) is 0.687. The van der Waals surface area contributed by atoms with Crippen LogP contribution in [0.5, 0.6) is 5.75 Å². The van der Waals surface area contributed by atoms with Crippen LogP contribution in [0.2, 0.25) is 0 Å². The molecule has 3 rings (SSSR count). The van der Waals surface area contributed by atoms with E-state index in [0.717, 1.165) is 5.56 Å². The highest BCUT2D eigenvalue weighted by Crippen LogP contribution is 2.23. The number of aryl methyl sites for hydroxylation is 1. The number of pyridine rings is 1. The average molecular weight is 344 g/mol. The van der Waals surface area contributed by atoms with Crippen LogP contribution in [0.1, 0.15) is 5.56 Å².